The van der Waals surface area contributed by atoms with Gasteiger partial charge in [-0.15, -0.1) is 0 Å². The molecule has 0 aromatic heterocycles. The molecule has 4 nitrogen and oxygen atoms in total. The van der Waals surface area contributed by atoms with Gasteiger partial charge in [-0.3, -0.25) is 4.79 Å². The number of carbonyl (C=O) groups excluding carboxylic acids is 1. The molecule has 1 spiro atoms. The van der Waals surface area contributed by atoms with Crippen molar-refractivity contribution < 1.29 is 9.90 Å². The summed E-state index contributed by atoms with van der Waals surface area (Å²) in [4.78, 5) is 12.1. The standard InChI is InChI=1S/C16H22N2O2/c19-14(12-5-2-1-3-6-12)15(20)18-13-7-10-17-16(11-13)8-4-9-16/h1-3,5-6,13-14,17,19H,4,7-11H2,(H,18,20). The van der Waals surface area contributed by atoms with Gasteiger partial charge in [-0.2, -0.15) is 0 Å². The van der Waals surface area contributed by atoms with Gasteiger partial charge in [0, 0.05) is 11.6 Å². The van der Waals surface area contributed by atoms with Crippen LogP contribution >= 0.6 is 0 Å². The average Bonchev–Trinajstić information content (AvgIpc) is 2.46. The quantitative estimate of drug-likeness (QED) is 0.783. The third-order valence-corrected chi connectivity index (χ3v) is 4.65. The average molecular weight is 274 g/mol. The van der Waals surface area contributed by atoms with E-state index >= 15 is 0 Å². The van der Waals surface area contributed by atoms with E-state index in [0.29, 0.717) is 5.56 Å². The summed E-state index contributed by atoms with van der Waals surface area (Å²) in [5, 5.41) is 16.7. The molecule has 1 aromatic carbocycles. The van der Waals surface area contributed by atoms with Crippen LogP contribution in [0.5, 0.6) is 0 Å². The molecule has 2 unspecified atom stereocenters. The smallest absolute Gasteiger partial charge is 0.253 e. The number of nitrogens with one attached hydrogen (secondary N) is 2. The number of amides is 1. The van der Waals surface area contributed by atoms with Gasteiger partial charge in [-0.25, -0.2) is 0 Å². The molecule has 1 saturated carbocycles. The first kappa shape index (κ1) is 13.6. The van der Waals surface area contributed by atoms with Crippen LogP contribution in [0.2, 0.25) is 0 Å². The lowest BCUT2D eigenvalue weighted by molar-refractivity contribution is -0.130. The van der Waals surface area contributed by atoms with E-state index in [4.69, 9.17) is 0 Å². The van der Waals surface area contributed by atoms with Crippen LogP contribution in [0.25, 0.3) is 0 Å². The SMILES string of the molecule is O=C(NC1CCNC2(CCC2)C1)C(O)c1ccccc1. The topological polar surface area (TPSA) is 61.4 Å². The van der Waals surface area contributed by atoms with E-state index in [-0.39, 0.29) is 17.5 Å². The van der Waals surface area contributed by atoms with Crippen molar-refractivity contribution >= 4 is 5.91 Å². The van der Waals surface area contributed by atoms with Crippen LogP contribution in [-0.4, -0.2) is 29.1 Å². The van der Waals surface area contributed by atoms with Crippen molar-refractivity contribution in [3.05, 3.63) is 35.9 Å². The van der Waals surface area contributed by atoms with Gasteiger partial charge in [-0.05, 0) is 44.2 Å². The Morgan fingerprint density at radius 1 is 1.35 bits per heavy atom. The fourth-order valence-electron chi connectivity index (χ4n) is 3.33. The number of carbonyl (C=O) groups is 1. The predicted octanol–water partition coefficient (Wildman–Crippen LogP) is 1.51. The summed E-state index contributed by atoms with van der Waals surface area (Å²) < 4.78 is 0. The Morgan fingerprint density at radius 3 is 2.75 bits per heavy atom. The minimum absolute atomic E-state index is 0.183. The summed E-state index contributed by atoms with van der Waals surface area (Å²) in [6.07, 6.45) is 4.56. The lowest BCUT2D eigenvalue weighted by Gasteiger charge is -2.48. The van der Waals surface area contributed by atoms with Gasteiger partial charge in [0.05, 0.1) is 0 Å². The zero-order valence-corrected chi connectivity index (χ0v) is 11.6. The van der Waals surface area contributed by atoms with Gasteiger partial charge < -0.3 is 15.7 Å². The van der Waals surface area contributed by atoms with Crippen LogP contribution in [0.3, 0.4) is 0 Å². The van der Waals surface area contributed by atoms with Gasteiger partial charge in [0.15, 0.2) is 6.10 Å². The molecule has 20 heavy (non-hydrogen) atoms. The number of rotatable bonds is 3. The second-order valence-electron chi connectivity index (χ2n) is 6.07. The molecule has 1 aromatic rings. The van der Waals surface area contributed by atoms with Crippen molar-refractivity contribution in [1.29, 1.82) is 0 Å². The van der Waals surface area contributed by atoms with E-state index in [1.165, 1.54) is 19.3 Å². The monoisotopic (exact) mass is 274 g/mol. The first-order valence-electron chi connectivity index (χ1n) is 7.47. The van der Waals surface area contributed by atoms with Crippen LogP contribution in [0.15, 0.2) is 30.3 Å². The van der Waals surface area contributed by atoms with E-state index < -0.39 is 6.10 Å². The van der Waals surface area contributed by atoms with Crippen molar-refractivity contribution in [3.8, 4) is 0 Å². The molecule has 2 atom stereocenters. The van der Waals surface area contributed by atoms with E-state index in [1.807, 2.05) is 18.2 Å². The predicted molar refractivity (Wildman–Crippen MR) is 77.2 cm³/mol. The number of hydrogen-bond acceptors (Lipinski definition) is 3. The van der Waals surface area contributed by atoms with Gasteiger partial charge in [0.1, 0.15) is 0 Å². The van der Waals surface area contributed by atoms with Crippen molar-refractivity contribution in [3.63, 3.8) is 0 Å². The lowest BCUT2D eigenvalue weighted by Crippen LogP contribution is -2.60. The first-order valence-corrected chi connectivity index (χ1v) is 7.47. The first-order chi connectivity index (χ1) is 9.69. The summed E-state index contributed by atoms with van der Waals surface area (Å²) >= 11 is 0. The Labute approximate surface area is 119 Å². The molecule has 2 fully saturated rings. The van der Waals surface area contributed by atoms with Crippen LogP contribution in [0.1, 0.15) is 43.8 Å². The highest BCUT2D eigenvalue weighted by Gasteiger charge is 2.41. The van der Waals surface area contributed by atoms with Crippen LogP contribution in [0.4, 0.5) is 0 Å². The molecule has 1 heterocycles. The molecule has 3 rings (SSSR count). The number of benzene rings is 1. The molecule has 4 heteroatoms. The normalized spacial score (nSPS) is 25.8. The maximum Gasteiger partial charge on any atom is 0.253 e. The molecule has 1 saturated heterocycles. The zero-order chi connectivity index (χ0) is 14.0. The van der Waals surface area contributed by atoms with Crippen molar-refractivity contribution in [2.45, 2.75) is 49.8 Å². The Morgan fingerprint density at radius 2 is 2.10 bits per heavy atom. The summed E-state index contributed by atoms with van der Waals surface area (Å²) in [5.41, 5.74) is 0.908. The van der Waals surface area contributed by atoms with Crippen molar-refractivity contribution in [2.75, 3.05) is 6.54 Å². The summed E-state index contributed by atoms with van der Waals surface area (Å²) in [6, 6.07) is 9.28. The van der Waals surface area contributed by atoms with Crippen molar-refractivity contribution in [2.24, 2.45) is 0 Å². The van der Waals surface area contributed by atoms with Gasteiger partial charge in [0.25, 0.3) is 5.91 Å². The number of aliphatic hydroxyl groups excluding tert-OH is 1. The molecule has 2 aliphatic rings. The minimum Gasteiger partial charge on any atom is -0.378 e. The van der Waals surface area contributed by atoms with E-state index in [1.54, 1.807) is 12.1 Å². The lowest BCUT2D eigenvalue weighted by atomic mass is 9.70. The van der Waals surface area contributed by atoms with E-state index in [2.05, 4.69) is 10.6 Å². The second kappa shape index (κ2) is 5.54. The number of piperidine rings is 1. The number of aliphatic hydroxyl groups is 1. The summed E-state index contributed by atoms with van der Waals surface area (Å²) in [7, 11) is 0. The maximum absolute atomic E-state index is 12.1. The molecule has 0 bridgehead atoms. The Balaban J connectivity index is 1.58. The van der Waals surface area contributed by atoms with Crippen molar-refractivity contribution in [1.82, 2.24) is 10.6 Å². The fourth-order valence-corrected chi connectivity index (χ4v) is 3.33. The van der Waals surface area contributed by atoms with E-state index in [9.17, 15) is 9.90 Å². The molecule has 3 N–H and O–H groups in total. The molecule has 0 radical (unpaired) electrons. The zero-order valence-electron chi connectivity index (χ0n) is 11.6. The van der Waals surface area contributed by atoms with Gasteiger partial charge >= 0.3 is 0 Å². The fraction of sp³-hybridized carbons (Fsp3) is 0.562. The largest absolute Gasteiger partial charge is 0.378 e. The van der Waals surface area contributed by atoms with Crippen LogP contribution in [-0.2, 0) is 4.79 Å². The highest BCUT2D eigenvalue weighted by molar-refractivity contribution is 5.82. The van der Waals surface area contributed by atoms with E-state index in [0.717, 1.165) is 19.4 Å². The van der Waals surface area contributed by atoms with Gasteiger partial charge in [-0.1, -0.05) is 30.3 Å². The van der Waals surface area contributed by atoms with Crippen LogP contribution < -0.4 is 10.6 Å². The van der Waals surface area contributed by atoms with Crippen LogP contribution in [0, 0.1) is 0 Å². The molecule has 108 valence electrons. The molecular formula is C16H22N2O2. The summed E-state index contributed by atoms with van der Waals surface area (Å²) in [5.74, 6) is -0.280. The molecule has 1 aliphatic carbocycles. The Hall–Kier alpha value is -1.39. The number of hydrogen-bond donors (Lipinski definition) is 3. The Kier molecular flexibility index (Phi) is 3.76. The summed E-state index contributed by atoms with van der Waals surface area (Å²) in [6.45, 7) is 0.951. The maximum atomic E-state index is 12.1. The second-order valence-corrected chi connectivity index (χ2v) is 6.07. The molecule has 1 amide bonds. The minimum atomic E-state index is -1.07. The molecule has 1 aliphatic heterocycles. The highest BCUT2D eigenvalue weighted by Crippen LogP contribution is 2.38. The molecular weight excluding hydrogens is 252 g/mol. The Bertz CT molecular complexity index is 471. The van der Waals surface area contributed by atoms with Gasteiger partial charge in [0.2, 0.25) is 0 Å². The highest BCUT2D eigenvalue weighted by atomic mass is 16.3. The third-order valence-electron chi connectivity index (χ3n) is 4.65. The third kappa shape index (κ3) is 2.72.